The van der Waals surface area contributed by atoms with Crippen LogP contribution in [0.3, 0.4) is 0 Å². The average Bonchev–Trinajstić information content (AvgIpc) is 2.92. The second-order valence-electron chi connectivity index (χ2n) is 8.92. The number of aromatic hydroxyl groups is 1. The van der Waals surface area contributed by atoms with Crippen molar-refractivity contribution in [1.29, 1.82) is 0 Å². The highest BCUT2D eigenvalue weighted by molar-refractivity contribution is 7.15. The molecule has 162 valence electrons. The van der Waals surface area contributed by atoms with Crippen molar-refractivity contribution < 1.29 is 18.2 Å². The summed E-state index contributed by atoms with van der Waals surface area (Å²) >= 11 is 0. The van der Waals surface area contributed by atoms with E-state index in [9.17, 15) is 5.11 Å². The first kappa shape index (κ1) is 21.4. The highest BCUT2D eigenvalue weighted by Crippen LogP contribution is 2.35. The molecule has 0 radical (unpaired) electrons. The Morgan fingerprint density at radius 1 is 0.968 bits per heavy atom. The molecule has 4 nitrogen and oxygen atoms in total. The van der Waals surface area contributed by atoms with Crippen molar-refractivity contribution in [1.82, 2.24) is 0 Å². The lowest BCUT2D eigenvalue weighted by atomic mass is 9.83. The fourth-order valence-corrected chi connectivity index (χ4v) is 4.45. The van der Waals surface area contributed by atoms with Crippen molar-refractivity contribution in [3.63, 3.8) is 0 Å². The summed E-state index contributed by atoms with van der Waals surface area (Å²) < 4.78 is 17.8. The van der Waals surface area contributed by atoms with Crippen molar-refractivity contribution in [3.8, 4) is 11.5 Å². The molecule has 3 aromatic carbocycles. The van der Waals surface area contributed by atoms with Gasteiger partial charge in [0.25, 0.3) is 0 Å². The van der Waals surface area contributed by atoms with Gasteiger partial charge in [0, 0.05) is 5.39 Å². The van der Waals surface area contributed by atoms with Gasteiger partial charge in [-0.3, -0.25) is 0 Å². The van der Waals surface area contributed by atoms with E-state index in [0.717, 1.165) is 51.7 Å². The minimum Gasteiger partial charge on any atom is -0.507 e. The molecule has 0 aliphatic heterocycles. The second-order valence-corrected chi connectivity index (χ2v) is 9.50. The van der Waals surface area contributed by atoms with Gasteiger partial charge in [-0.2, -0.15) is 0 Å². The zero-order valence-electron chi connectivity index (χ0n) is 18.5. The van der Waals surface area contributed by atoms with E-state index < -0.39 is 0 Å². The number of fused-ring (bicyclic) bond motifs is 3. The first-order valence-corrected chi connectivity index (χ1v) is 11.4. The molecule has 1 heterocycles. The highest BCUT2D eigenvalue weighted by atomic mass is 31.1. The van der Waals surface area contributed by atoms with Crippen molar-refractivity contribution in [3.05, 3.63) is 71.3 Å². The van der Waals surface area contributed by atoms with E-state index in [-0.39, 0.29) is 14.1 Å². The molecular formula is C26H29O4P. The number of hydrogen-bond donors (Lipinski definition) is 1. The summed E-state index contributed by atoms with van der Waals surface area (Å²) in [6.45, 7) is 8.93. The van der Waals surface area contributed by atoms with Gasteiger partial charge in [0.1, 0.15) is 22.7 Å². The van der Waals surface area contributed by atoms with Gasteiger partial charge in [0.2, 0.25) is 8.67 Å². The van der Waals surface area contributed by atoms with Crippen molar-refractivity contribution in [2.24, 2.45) is 0 Å². The van der Waals surface area contributed by atoms with E-state index in [2.05, 4.69) is 32.9 Å². The molecule has 31 heavy (non-hydrogen) atoms. The Hall–Kier alpha value is -2.84. The van der Waals surface area contributed by atoms with Crippen LogP contribution < -0.4 is 4.74 Å². The Bertz CT molecular complexity index is 1250. The van der Waals surface area contributed by atoms with Crippen LogP contribution in [0.1, 0.15) is 43.9 Å². The van der Waals surface area contributed by atoms with Crippen LogP contribution >= 0.6 is 8.67 Å². The van der Waals surface area contributed by atoms with E-state index >= 15 is 0 Å². The Kier molecular flexibility index (Phi) is 6.02. The van der Waals surface area contributed by atoms with Gasteiger partial charge >= 0.3 is 0 Å². The van der Waals surface area contributed by atoms with Gasteiger partial charge in [-0.1, -0.05) is 57.2 Å². The van der Waals surface area contributed by atoms with E-state index in [0.29, 0.717) is 12.4 Å². The molecular weight excluding hydrogens is 407 g/mol. The highest BCUT2D eigenvalue weighted by Gasteiger charge is 2.20. The van der Waals surface area contributed by atoms with Gasteiger partial charge < -0.3 is 18.2 Å². The van der Waals surface area contributed by atoms with Gasteiger partial charge in [0.15, 0.2) is 0 Å². The molecule has 0 aliphatic carbocycles. The van der Waals surface area contributed by atoms with Gasteiger partial charge in [-0.05, 0) is 60.1 Å². The number of para-hydroxylation sites is 1. The van der Waals surface area contributed by atoms with Crippen molar-refractivity contribution >= 4 is 30.6 Å². The zero-order valence-corrected chi connectivity index (χ0v) is 19.5. The Morgan fingerprint density at radius 2 is 1.71 bits per heavy atom. The van der Waals surface area contributed by atoms with E-state index in [1.165, 1.54) is 5.56 Å². The van der Waals surface area contributed by atoms with E-state index in [4.69, 9.17) is 13.1 Å². The summed E-state index contributed by atoms with van der Waals surface area (Å²) in [6, 6.07) is 18.0. The molecule has 1 atom stereocenters. The monoisotopic (exact) mass is 436 g/mol. The predicted octanol–water partition coefficient (Wildman–Crippen LogP) is 7.66. The zero-order chi connectivity index (χ0) is 22.0. The molecule has 1 unspecified atom stereocenters. The van der Waals surface area contributed by atoms with Crippen molar-refractivity contribution in [2.45, 2.75) is 46.0 Å². The minimum absolute atomic E-state index is 0.0760. The molecule has 0 bridgehead atoms. The maximum Gasteiger partial charge on any atom is 0.201 e. The second kappa shape index (κ2) is 8.72. The fraction of sp³-hybridized carbons (Fsp3) is 0.308. The molecule has 0 aliphatic rings. The predicted molar refractivity (Wildman–Crippen MR) is 128 cm³/mol. The Balaban J connectivity index is 1.55. The maximum absolute atomic E-state index is 10.4. The number of benzene rings is 3. The quantitative estimate of drug-likeness (QED) is 0.326. The van der Waals surface area contributed by atoms with Crippen LogP contribution in [0.15, 0.2) is 63.0 Å². The third kappa shape index (κ3) is 4.60. The van der Waals surface area contributed by atoms with Crippen molar-refractivity contribution in [2.75, 3.05) is 6.61 Å². The summed E-state index contributed by atoms with van der Waals surface area (Å²) in [4.78, 5) is 0. The van der Waals surface area contributed by atoms with Crippen LogP contribution in [0.25, 0.3) is 21.9 Å². The van der Waals surface area contributed by atoms with E-state index in [1.54, 1.807) is 0 Å². The molecule has 0 amide bonds. The van der Waals surface area contributed by atoms with Crippen LogP contribution in [0, 0.1) is 6.92 Å². The average molecular weight is 436 g/mol. The molecule has 0 saturated heterocycles. The number of phenolic OH excluding ortho intramolecular Hbond substituents is 1. The molecule has 1 N–H and O–H groups in total. The summed E-state index contributed by atoms with van der Waals surface area (Å²) in [7, 11) is -0.0760. The smallest absolute Gasteiger partial charge is 0.201 e. The first-order valence-electron chi connectivity index (χ1n) is 10.6. The molecule has 4 rings (SSSR count). The van der Waals surface area contributed by atoms with Gasteiger partial charge in [-0.15, -0.1) is 0 Å². The molecule has 5 heteroatoms. The summed E-state index contributed by atoms with van der Waals surface area (Å²) in [5.74, 6) is 1.21. The largest absolute Gasteiger partial charge is 0.507 e. The minimum atomic E-state index is -0.0981. The molecule has 4 aromatic rings. The lowest BCUT2D eigenvalue weighted by Crippen LogP contribution is -2.12. The number of phenols is 1. The first-order chi connectivity index (χ1) is 14.8. The Labute approximate surface area is 184 Å². The summed E-state index contributed by atoms with van der Waals surface area (Å²) in [5.41, 5.74) is 4.63. The lowest BCUT2D eigenvalue weighted by molar-refractivity contribution is 0.314. The topological polar surface area (TPSA) is 55.7 Å². The molecule has 0 saturated carbocycles. The van der Waals surface area contributed by atoms with Crippen LogP contribution in [-0.2, 0) is 11.8 Å². The number of ether oxygens (including phenoxy) is 1. The fourth-order valence-electron chi connectivity index (χ4n) is 3.88. The number of aryl methyl sites for hydroxylation is 2. The van der Waals surface area contributed by atoms with E-state index in [1.807, 2.05) is 49.4 Å². The van der Waals surface area contributed by atoms with Crippen LogP contribution in [0.5, 0.6) is 11.5 Å². The third-order valence-corrected chi connectivity index (χ3v) is 6.09. The molecule has 1 aromatic heterocycles. The number of rotatable bonds is 5. The molecule has 0 fully saturated rings. The standard InChI is InChI=1S/C26H29O4P/c1-17-15-18(16-20(25(17)27)26(2,3)4)9-8-14-28-22-12-7-13-23-24(22)19-10-5-6-11-21(19)29-31-30-23/h5-7,10-13,15-16,27,31H,8-9,14H2,1-4H3. The van der Waals surface area contributed by atoms with Crippen LogP contribution in [-0.4, -0.2) is 11.7 Å². The van der Waals surface area contributed by atoms with Crippen LogP contribution in [0.4, 0.5) is 0 Å². The normalized spacial score (nSPS) is 12.0. The summed E-state index contributed by atoms with van der Waals surface area (Å²) in [6.07, 6.45) is 1.76. The van der Waals surface area contributed by atoms with Crippen LogP contribution in [0.2, 0.25) is 0 Å². The third-order valence-electron chi connectivity index (χ3n) is 5.48. The lowest BCUT2D eigenvalue weighted by Gasteiger charge is -2.22. The number of hydrogen-bond acceptors (Lipinski definition) is 4. The Morgan fingerprint density at radius 3 is 2.52 bits per heavy atom. The summed E-state index contributed by atoms with van der Waals surface area (Å²) in [5, 5.41) is 12.4. The SMILES string of the molecule is Cc1cc(CCCOc2cccc3o[pH]oc4ccccc4c23)cc(C(C)(C)C)c1O. The maximum atomic E-state index is 10.4. The van der Waals surface area contributed by atoms with Gasteiger partial charge in [-0.25, -0.2) is 0 Å². The van der Waals surface area contributed by atoms with Gasteiger partial charge in [0.05, 0.1) is 12.0 Å². The molecule has 0 spiro atoms.